The summed E-state index contributed by atoms with van der Waals surface area (Å²) in [4.78, 5) is 22.2. The Bertz CT molecular complexity index is 1060. The highest BCUT2D eigenvalue weighted by Crippen LogP contribution is 2.38. The molecule has 0 saturated carbocycles. The van der Waals surface area contributed by atoms with Crippen molar-refractivity contribution in [1.29, 1.82) is 0 Å². The normalized spacial score (nSPS) is 14.9. The van der Waals surface area contributed by atoms with Gasteiger partial charge in [-0.25, -0.2) is 4.98 Å². The first kappa shape index (κ1) is 21.8. The second kappa shape index (κ2) is 9.38. The second-order valence-corrected chi connectivity index (χ2v) is 10.2. The van der Waals surface area contributed by atoms with Crippen LogP contribution >= 0.6 is 45.9 Å². The number of thiazole rings is 1. The van der Waals surface area contributed by atoms with Crippen LogP contribution in [-0.2, 0) is 4.74 Å². The fraction of sp³-hybridized carbons (Fsp3) is 0.400. The lowest BCUT2D eigenvalue weighted by Crippen LogP contribution is -2.43. The van der Waals surface area contributed by atoms with Crippen molar-refractivity contribution in [2.45, 2.75) is 6.92 Å². The van der Waals surface area contributed by atoms with E-state index in [1.807, 2.05) is 19.1 Å². The first-order valence-electron chi connectivity index (χ1n) is 9.49. The van der Waals surface area contributed by atoms with Crippen molar-refractivity contribution >= 4 is 67.1 Å². The predicted octanol–water partition coefficient (Wildman–Crippen LogP) is 4.96. The van der Waals surface area contributed by atoms with E-state index in [0.717, 1.165) is 35.4 Å². The second-order valence-electron chi connectivity index (χ2n) is 6.91. The summed E-state index contributed by atoms with van der Waals surface area (Å²) >= 11 is 15.1. The van der Waals surface area contributed by atoms with Gasteiger partial charge in [0.2, 0.25) is 0 Å². The van der Waals surface area contributed by atoms with Gasteiger partial charge in [0.05, 0.1) is 34.9 Å². The van der Waals surface area contributed by atoms with Crippen molar-refractivity contribution in [2.75, 3.05) is 51.4 Å². The Morgan fingerprint density at radius 2 is 2.07 bits per heavy atom. The van der Waals surface area contributed by atoms with Crippen molar-refractivity contribution in [3.63, 3.8) is 0 Å². The minimum absolute atomic E-state index is 0.202. The van der Waals surface area contributed by atoms with E-state index in [4.69, 9.17) is 37.7 Å². The van der Waals surface area contributed by atoms with Crippen LogP contribution in [0.25, 0.3) is 10.2 Å². The van der Waals surface area contributed by atoms with E-state index in [9.17, 15) is 4.79 Å². The van der Waals surface area contributed by atoms with E-state index >= 15 is 0 Å². The third kappa shape index (κ3) is 4.44. The van der Waals surface area contributed by atoms with Crippen molar-refractivity contribution in [3.05, 3.63) is 38.0 Å². The van der Waals surface area contributed by atoms with Gasteiger partial charge >= 0.3 is 0 Å². The molecule has 1 saturated heterocycles. The number of anilines is 1. The van der Waals surface area contributed by atoms with E-state index in [1.54, 1.807) is 18.1 Å². The largest absolute Gasteiger partial charge is 0.494 e. The first-order valence-corrected chi connectivity index (χ1v) is 11.9. The molecule has 1 aliphatic rings. The number of aromatic nitrogens is 1. The standard InChI is InChI=1S/C20H21Cl2N3O3S2/c1-12-3-4-14(27-2)16-17(12)30-20(23-16)25(6-5-24-7-9-28-10-8-24)19(26)13-11-15(21)29-18(13)22/h3-4,11H,5-10H2,1-2H3. The molecule has 6 nitrogen and oxygen atoms in total. The predicted molar refractivity (Wildman–Crippen MR) is 124 cm³/mol. The maximum atomic E-state index is 13.5. The molecule has 1 fully saturated rings. The summed E-state index contributed by atoms with van der Waals surface area (Å²) in [6, 6.07) is 5.52. The van der Waals surface area contributed by atoms with Gasteiger partial charge in [0.15, 0.2) is 5.13 Å². The smallest absolute Gasteiger partial charge is 0.262 e. The molecule has 3 aromatic rings. The topological polar surface area (TPSA) is 54.9 Å². The van der Waals surface area contributed by atoms with E-state index in [-0.39, 0.29) is 5.91 Å². The van der Waals surface area contributed by atoms with Gasteiger partial charge < -0.3 is 9.47 Å². The van der Waals surface area contributed by atoms with E-state index in [0.29, 0.717) is 44.9 Å². The van der Waals surface area contributed by atoms with Gasteiger partial charge in [-0.3, -0.25) is 14.6 Å². The van der Waals surface area contributed by atoms with E-state index < -0.39 is 0 Å². The third-order valence-corrected chi connectivity index (χ3v) is 7.72. The minimum atomic E-state index is -0.202. The number of thiophene rings is 1. The number of methoxy groups -OCH3 is 1. The molecule has 0 radical (unpaired) electrons. The van der Waals surface area contributed by atoms with Gasteiger partial charge in [-0.15, -0.1) is 11.3 Å². The summed E-state index contributed by atoms with van der Waals surface area (Å²) in [5, 5.41) is 0.620. The fourth-order valence-corrected chi connectivity index (χ4v) is 5.88. The molecule has 1 aliphatic heterocycles. The summed E-state index contributed by atoms with van der Waals surface area (Å²) in [6.45, 7) is 6.34. The lowest BCUT2D eigenvalue weighted by molar-refractivity contribution is 0.0391. The molecule has 2 aromatic heterocycles. The Kier molecular flexibility index (Phi) is 6.81. The number of amides is 1. The van der Waals surface area contributed by atoms with Gasteiger partial charge in [-0.05, 0) is 24.6 Å². The van der Waals surface area contributed by atoms with E-state index in [2.05, 4.69) is 4.90 Å². The highest BCUT2D eigenvalue weighted by Gasteiger charge is 2.26. The molecule has 0 spiro atoms. The van der Waals surface area contributed by atoms with Gasteiger partial charge in [0.1, 0.15) is 15.6 Å². The molecular weight excluding hydrogens is 465 g/mol. The summed E-state index contributed by atoms with van der Waals surface area (Å²) in [6.07, 6.45) is 0. The number of hydrogen-bond donors (Lipinski definition) is 0. The lowest BCUT2D eigenvalue weighted by Gasteiger charge is -2.29. The molecule has 30 heavy (non-hydrogen) atoms. The molecular formula is C20H21Cl2N3O3S2. The first-order chi connectivity index (χ1) is 14.5. The number of aryl methyl sites for hydroxylation is 1. The van der Waals surface area contributed by atoms with Gasteiger partial charge in [-0.1, -0.05) is 40.6 Å². The Hall–Kier alpha value is -1.42. The van der Waals surface area contributed by atoms with Crippen LogP contribution in [0.15, 0.2) is 18.2 Å². The zero-order valence-electron chi connectivity index (χ0n) is 16.6. The maximum Gasteiger partial charge on any atom is 0.262 e. The zero-order chi connectivity index (χ0) is 21.3. The number of halogens is 2. The molecule has 0 unspecified atom stereocenters. The Balaban J connectivity index is 1.70. The molecule has 10 heteroatoms. The van der Waals surface area contributed by atoms with Crippen molar-refractivity contribution in [2.24, 2.45) is 0 Å². The van der Waals surface area contributed by atoms with Crippen LogP contribution < -0.4 is 9.64 Å². The highest BCUT2D eigenvalue weighted by molar-refractivity contribution is 7.22. The van der Waals surface area contributed by atoms with Crippen molar-refractivity contribution in [1.82, 2.24) is 9.88 Å². The molecule has 1 aromatic carbocycles. The fourth-order valence-electron chi connectivity index (χ4n) is 3.36. The monoisotopic (exact) mass is 485 g/mol. The SMILES string of the molecule is COc1ccc(C)c2sc(N(CCN3CCOCC3)C(=O)c3cc(Cl)sc3Cl)nc12. The molecule has 0 N–H and O–H groups in total. The molecule has 0 bridgehead atoms. The molecule has 1 amide bonds. The zero-order valence-corrected chi connectivity index (χ0v) is 19.8. The summed E-state index contributed by atoms with van der Waals surface area (Å²) in [5.41, 5.74) is 2.25. The van der Waals surface area contributed by atoms with Gasteiger partial charge in [0.25, 0.3) is 5.91 Å². The number of ether oxygens (including phenoxy) is 2. The Morgan fingerprint density at radius 1 is 1.30 bits per heavy atom. The minimum Gasteiger partial charge on any atom is -0.494 e. The average Bonchev–Trinajstić information content (AvgIpc) is 3.33. The number of hydrogen-bond acceptors (Lipinski definition) is 7. The Morgan fingerprint density at radius 3 is 2.73 bits per heavy atom. The van der Waals surface area contributed by atoms with E-state index in [1.165, 1.54) is 22.7 Å². The van der Waals surface area contributed by atoms with Crippen LogP contribution in [0.3, 0.4) is 0 Å². The number of carbonyl (C=O) groups is 1. The lowest BCUT2D eigenvalue weighted by atomic mass is 10.2. The molecule has 0 atom stereocenters. The number of carbonyl (C=O) groups excluding carboxylic acids is 1. The molecule has 0 aliphatic carbocycles. The highest BCUT2D eigenvalue weighted by atomic mass is 35.5. The third-order valence-electron chi connectivity index (χ3n) is 5.02. The number of morpholine rings is 1. The van der Waals surface area contributed by atoms with Crippen LogP contribution in [0.1, 0.15) is 15.9 Å². The number of rotatable bonds is 6. The Labute approximate surface area is 192 Å². The van der Waals surface area contributed by atoms with Crippen LogP contribution in [0, 0.1) is 6.92 Å². The maximum absolute atomic E-state index is 13.5. The summed E-state index contributed by atoms with van der Waals surface area (Å²) in [5.74, 6) is 0.488. The molecule has 4 rings (SSSR count). The number of benzene rings is 1. The summed E-state index contributed by atoms with van der Waals surface area (Å²) in [7, 11) is 1.62. The van der Waals surface area contributed by atoms with Gasteiger partial charge in [-0.2, -0.15) is 0 Å². The van der Waals surface area contributed by atoms with Crippen molar-refractivity contribution < 1.29 is 14.3 Å². The van der Waals surface area contributed by atoms with Gasteiger partial charge in [0, 0.05) is 26.2 Å². The van der Waals surface area contributed by atoms with Crippen LogP contribution in [0.5, 0.6) is 5.75 Å². The van der Waals surface area contributed by atoms with Crippen LogP contribution in [0.2, 0.25) is 8.67 Å². The van der Waals surface area contributed by atoms with Crippen LogP contribution in [0.4, 0.5) is 5.13 Å². The number of nitrogens with zero attached hydrogens (tertiary/aromatic N) is 3. The average molecular weight is 486 g/mol. The summed E-state index contributed by atoms with van der Waals surface area (Å²) < 4.78 is 12.8. The number of fused-ring (bicyclic) bond motifs is 1. The quantitative estimate of drug-likeness (QED) is 0.493. The van der Waals surface area contributed by atoms with Crippen LogP contribution in [-0.4, -0.2) is 62.3 Å². The molecule has 3 heterocycles. The molecule has 160 valence electrons. The van der Waals surface area contributed by atoms with Crippen molar-refractivity contribution in [3.8, 4) is 5.75 Å².